The van der Waals surface area contributed by atoms with E-state index < -0.39 is 11.4 Å². The molecule has 4 aromatic heterocycles. The lowest BCUT2D eigenvalue weighted by atomic mass is 10.0. The summed E-state index contributed by atoms with van der Waals surface area (Å²) in [4.78, 5) is 34.0. The van der Waals surface area contributed by atoms with Gasteiger partial charge in [-0.25, -0.2) is 9.37 Å². The average Bonchev–Trinajstić information content (AvgIpc) is 3.35. The number of aromatic nitrogens is 3. The van der Waals surface area contributed by atoms with Crippen LogP contribution in [0.5, 0.6) is 11.6 Å². The zero-order valence-electron chi connectivity index (χ0n) is 21.2. The highest BCUT2D eigenvalue weighted by atomic mass is 32.1. The van der Waals surface area contributed by atoms with Gasteiger partial charge in [-0.1, -0.05) is 0 Å². The minimum Gasteiger partial charge on any atom is -0.437 e. The van der Waals surface area contributed by atoms with Crippen molar-refractivity contribution in [2.45, 2.75) is 53.2 Å². The Morgan fingerprint density at radius 1 is 1.31 bits per heavy atom. The van der Waals surface area contributed by atoms with Crippen LogP contribution in [0, 0.1) is 19.7 Å². The maximum absolute atomic E-state index is 13.7. The normalized spacial score (nSPS) is 11.9. The van der Waals surface area contributed by atoms with E-state index in [0.29, 0.717) is 37.6 Å². The Balaban J connectivity index is 1.98. The second kappa shape index (κ2) is 9.18. The number of fused-ring (bicyclic) bond motifs is 1. The molecule has 0 aliphatic carbocycles. The zero-order valence-corrected chi connectivity index (χ0v) is 22.1. The van der Waals surface area contributed by atoms with E-state index in [4.69, 9.17) is 4.74 Å². The van der Waals surface area contributed by atoms with E-state index in [1.807, 2.05) is 20.8 Å². The van der Waals surface area contributed by atoms with Crippen molar-refractivity contribution in [2.75, 3.05) is 0 Å². The number of amides is 1. The van der Waals surface area contributed by atoms with E-state index in [-0.39, 0.29) is 34.6 Å². The van der Waals surface area contributed by atoms with E-state index in [1.54, 1.807) is 40.1 Å². The molecule has 0 aromatic carbocycles. The van der Waals surface area contributed by atoms with E-state index in [9.17, 15) is 19.1 Å². The molecule has 8 nitrogen and oxygen atoms in total. The molecule has 0 aliphatic rings. The van der Waals surface area contributed by atoms with Crippen LogP contribution >= 0.6 is 11.3 Å². The van der Waals surface area contributed by atoms with Crippen LogP contribution in [0.1, 0.15) is 54.2 Å². The third kappa shape index (κ3) is 4.66. The molecule has 4 rings (SSSR count). The van der Waals surface area contributed by atoms with Crippen LogP contribution in [0.2, 0.25) is 0 Å². The predicted octanol–water partition coefficient (Wildman–Crippen LogP) is 4.90. The fourth-order valence-corrected chi connectivity index (χ4v) is 5.35. The van der Waals surface area contributed by atoms with E-state index in [0.717, 1.165) is 6.20 Å². The molecule has 0 atom stereocenters. The Morgan fingerprint density at radius 2 is 2.00 bits per heavy atom. The molecule has 4 heterocycles. The van der Waals surface area contributed by atoms with Gasteiger partial charge in [0.15, 0.2) is 5.75 Å². The van der Waals surface area contributed by atoms with Crippen LogP contribution < -0.4 is 15.6 Å². The molecule has 0 bridgehead atoms. The van der Waals surface area contributed by atoms with Crippen LogP contribution in [-0.2, 0) is 12.6 Å². The largest absolute Gasteiger partial charge is 0.437 e. The number of carbonyl (C=O) groups is 1. The van der Waals surface area contributed by atoms with Gasteiger partial charge in [0.25, 0.3) is 11.5 Å². The number of nitrogens with zero attached hydrogens (tertiary/aromatic N) is 2. The monoisotopic (exact) mass is 512 g/mol. The highest BCUT2D eigenvalue weighted by molar-refractivity contribution is 7.16. The Labute approximate surface area is 211 Å². The summed E-state index contributed by atoms with van der Waals surface area (Å²) in [5.74, 6) is -0.128. The van der Waals surface area contributed by atoms with Gasteiger partial charge in [0, 0.05) is 46.2 Å². The molecule has 0 aliphatic heterocycles. The van der Waals surface area contributed by atoms with Gasteiger partial charge in [-0.2, -0.15) is 0 Å². The minimum absolute atomic E-state index is 0.0769. The fourth-order valence-electron chi connectivity index (χ4n) is 4.09. The van der Waals surface area contributed by atoms with Gasteiger partial charge >= 0.3 is 0 Å². The summed E-state index contributed by atoms with van der Waals surface area (Å²) in [5, 5.41) is 14.2. The number of hydrogen-bond acceptors (Lipinski definition) is 6. The van der Waals surface area contributed by atoms with Gasteiger partial charge in [-0.3, -0.25) is 9.59 Å². The van der Waals surface area contributed by atoms with Gasteiger partial charge in [0.1, 0.15) is 17.0 Å². The Hall–Kier alpha value is -3.50. The SMILES string of the molecule is Cc1cc(F)cnc1Oc1c(-c2cn(C)c(=O)c3[nH]c(C(=O)NC(C)C)cc23)sc(C(C)(C)O)c1C. The van der Waals surface area contributed by atoms with Crippen LogP contribution in [-0.4, -0.2) is 31.6 Å². The quantitative estimate of drug-likeness (QED) is 0.340. The Bertz CT molecular complexity index is 1540. The summed E-state index contributed by atoms with van der Waals surface area (Å²) in [6.07, 6.45) is 2.76. The van der Waals surface area contributed by atoms with Crippen molar-refractivity contribution < 1.29 is 19.0 Å². The van der Waals surface area contributed by atoms with Crippen molar-refractivity contribution >= 4 is 28.1 Å². The number of pyridine rings is 2. The predicted molar refractivity (Wildman–Crippen MR) is 138 cm³/mol. The minimum atomic E-state index is -1.17. The molecule has 10 heteroatoms. The lowest BCUT2D eigenvalue weighted by molar-refractivity contribution is 0.0817. The summed E-state index contributed by atoms with van der Waals surface area (Å²) in [5.41, 5.74) is 0.938. The number of nitrogens with one attached hydrogen (secondary N) is 2. The van der Waals surface area contributed by atoms with Gasteiger partial charge in [0.2, 0.25) is 5.88 Å². The van der Waals surface area contributed by atoms with E-state index in [1.165, 1.54) is 22.0 Å². The molecule has 0 unspecified atom stereocenters. The molecular formula is C26H29FN4O4S. The van der Waals surface area contributed by atoms with Crippen molar-refractivity contribution in [1.82, 2.24) is 19.9 Å². The van der Waals surface area contributed by atoms with Crippen LogP contribution in [0.15, 0.2) is 29.3 Å². The van der Waals surface area contributed by atoms with Gasteiger partial charge in [-0.05, 0) is 53.7 Å². The van der Waals surface area contributed by atoms with Crippen molar-refractivity contribution in [3.8, 4) is 22.1 Å². The number of thiophene rings is 1. The summed E-state index contributed by atoms with van der Waals surface area (Å²) < 4.78 is 21.3. The number of H-pyrrole nitrogens is 1. The molecule has 0 saturated heterocycles. The molecule has 4 aromatic rings. The summed E-state index contributed by atoms with van der Waals surface area (Å²) in [6.45, 7) is 10.6. The van der Waals surface area contributed by atoms with E-state index >= 15 is 0 Å². The van der Waals surface area contributed by atoms with Crippen LogP contribution in [0.25, 0.3) is 21.3 Å². The molecule has 36 heavy (non-hydrogen) atoms. The summed E-state index contributed by atoms with van der Waals surface area (Å²) >= 11 is 1.33. The van der Waals surface area contributed by atoms with Gasteiger partial charge in [-0.15, -0.1) is 11.3 Å². The number of rotatable bonds is 6. The van der Waals surface area contributed by atoms with Crippen molar-refractivity contribution in [1.29, 1.82) is 0 Å². The molecule has 190 valence electrons. The maximum Gasteiger partial charge on any atom is 0.274 e. The lowest BCUT2D eigenvalue weighted by Crippen LogP contribution is -2.30. The van der Waals surface area contributed by atoms with Crippen LogP contribution in [0.4, 0.5) is 4.39 Å². The highest BCUT2D eigenvalue weighted by Gasteiger charge is 2.30. The topological polar surface area (TPSA) is 109 Å². The summed E-state index contributed by atoms with van der Waals surface area (Å²) in [6, 6.07) is 2.90. The molecule has 0 spiro atoms. The maximum atomic E-state index is 13.7. The molecular weight excluding hydrogens is 483 g/mol. The number of carbonyl (C=O) groups excluding carboxylic acids is 1. The molecule has 1 amide bonds. The average molecular weight is 513 g/mol. The third-order valence-corrected chi connectivity index (χ3v) is 7.34. The van der Waals surface area contributed by atoms with Crippen molar-refractivity contribution in [3.63, 3.8) is 0 Å². The second-order valence-corrected chi connectivity index (χ2v) is 10.7. The first-order valence-corrected chi connectivity index (χ1v) is 12.3. The molecule has 0 saturated carbocycles. The number of halogens is 1. The molecule has 0 radical (unpaired) electrons. The first kappa shape index (κ1) is 25.6. The second-order valence-electron chi connectivity index (χ2n) is 9.71. The third-order valence-electron chi connectivity index (χ3n) is 5.72. The number of aromatic amines is 1. The zero-order chi connectivity index (χ0) is 26.5. The summed E-state index contributed by atoms with van der Waals surface area (Å²) in [7, 11) is 1.63. The molecule has 3 N–H and O–H groups in total. The highest BCUT2D eigenvalue weighted by Crippen LogP contribution is 2.49. The van der Waals surface area contributed by atoms with Crippen molar-refractivity contribution in [3.05, 3.63) is 62.4 Å². The van der Waals surface area contributed by atoms with E-state index in [2.05, 4.69) is 15.3 Å². The Morgan fingerprint density at radius 3 is 2.61 bits per heavy atom. The Kier molecular flexibility index (Phi) is 6.52. The number of hydrogen-bond donors (Lipinski definition) is 3. The van der Waals surface area contributed by atoms with Gasteiger partial charge in [0.05, 0.1) is 16.7 Å². The lowest BCUT2D eigenvalue weighted by Gasteiger charge is -2.16. The van der Waals surface area contributed by atoms with Crippen LogP contribution in [0.3, 0.4) is 0 Å². The fraction of sp³-hybridized carbons (Fsp3) is 0.346. The number of ether oxygens (including phenoxy) is 1. The first-order valence-electron chi connectivity index (χ1n) is 11.5. The molecule has 0 fully saturated rings. The smallest absolute Gasteiger partial charge is 0.274 e. The number of aryl methyl sites for hydroxylation is 2. The van der Waals surface area contributed by atoms with Crippen molar-refractivity contribution in [2.24, 2.45) is 7.05 Å². The first-order chi connectivity index (χ1) is 16.8. The standard InChI is InChI=1S/C26H29FN4O4S/c1-12(2)29-23(32)18-9-16-17(11-31(7)25(33)19(16)30-18)21-20(14(4)22(36-21)26(5,6)34)35-24-13(3)8-15(27)10-28-24/h8-12,30,34H,1-7H3,(H,29,32). The number of aliphatic hydroxyl groups is 1. The van der Waals surface area contributed by atoms with Gasteiger partial charge < -0.3 is 24.7 Å².